The summed E-state index contributed by atoms with van der Waals surface area (Å²) in [6.07, 6.45) is 4.23. The predicted octanol–water partition coefficient (Wildman–Crippen LogP) is 1.60. The van der Waals surface area contributed by atoms with E-state index in [0.29, 0.717) is 5.75 Å². The van der Waals surface area contributed by atoms with E-state index in [1.165, 1.54) is 23.9 Å². The summed E-state index contributed by atoms with van der Waals surface area (Å²) < 4.78 is 28.0. The van der Waals surface area contributed by atoms with Crippen LogP contribution >= 0.6 is 11.8 Å². The van der Waals surface area contributed by atoms with Gasteiger partial charge in [0.25, 0.3) is 0 Å². The Balaban J connectivity index is 2.37. The molecule has 1 aromatic carbocycles. The molecule has 1 saturated carbocycles. The van der Waals surface area contributed by atoms with Crippen LogP contribution in [0.1, 0.15) is 12.8 Å². The highest BCUT2D eigenvalue weighted by Gasteiger charge is 2.25. The van der Waals surface area contributed by atoms with Gasteiger partial charge in [0.05, 0.1) is 11.0 Å². The molecule has 16 heavy (non-hydrogen) atoms. The minimum atomic E-state index is -3.65. The summed E-state index contributed by atoms with van der Waals surface area (Å²) in [5.74, 6) is 0.613. The van der Waals surface area contributed by atoms with Gasteiger partial charge in [0.2, 0.25) is 10.0 Å². The van der Waals surface area contributed by atoms with E-state index in [4.69, 9.17) is 9.88 Å². The van der Waals surface area contributed by atoms with Crippen LogP contribution in [0, 0.1) is 0 Å². The van der Waals surface area contributed by atoms with Crippen LogP contribution in [0.25, 0.3) is 0 Å². The van der Waals surface area contributed by atoms with Crippen molar-refractivity contribution < 1.29 is 13.2 Å². The normalized spacial score (nSPS) is 16.1. The smallest absolute Gasteiger partial charge is 0.238 e. The highest BCUT2D eigenvalue weighted by atomic mass is 32.2. The molecule has 6 heteroatoms. The first kappa shape index (κ1) is 11.8. The molecule has 0 unspecified atom stereocenters. The van der Waals surface area contributed by atoms with E-state index in [1.807, 2.05) is 6.26 Å². The van der Waals surface area contributed by atoms with Gasteiger partial charge in [0, 0.05) is 11.0 Å². The summed E-state index contributed by atoms with van der Waals surface area (Å²) in [5, 5.41) is 5.07. The lowest BCUT2D eigenvalue weighted by Crippen LogP contribution is -2.12. The fourth-order valence-electron chi connectivity index (χ4n) is 1.29. The second-order valence-electron chi connectivity index (χ2n) is 3.67. The zero-order valence-electron chi connectivity index (χ0n) is 8.84. The Bertz CT molecular complexity index is 495. The Morgan fingerprint density at radius 3 is 2.62 bits per heavy atom. The average molecular weight is 259 g/mol. The number of nitrogens with two attached hydrogens (primary N) is 1. The van der Waals surface area contributed by atoms with Gasteiger partial charge in [-0.05, 0) is 31.2 Å². The molecule has 1 fully saturated rings. The van der Waals surface area contributed by atoms with Crippen LogP contribution in [0.3, 0.4) is 0 Å². The number of primary sulfonamides is 1. The number of rotatable bonds is 4. The molecule has 0 aliphatic heterocycles. The predicted molar refractivity (Wildman–Crippen MR) is 63.2 cm³/mol. The number of hydrogen-bond donors (Lipinski definition) is 1. The average Bonchev–Trinajstić information content (AvgIpc) is 3.00. The molecule has 4 nitrogen and oxygen atoms in total. The van der Waals surface area contributed by atoms with E-state index in [2.05, 4.69) is 0 Å². The van der Waals surface area contributed by atoms with Crippen LogP contribution in [0.2, 0.25) is 0 Å². The topological polar surface area (TPSA) is 69.4 Å². The third kappa shape index (κ3) is 2.69. The van der Waals surface area contributed by atoms with Gasteiger partial charge in [-0.25, -0.2) is 13.6 Å². The molecule has 0 radical (unpaired) electrons. The number of benzene rings is 1. The highest BCUT2D eigenvalue weighted by Crippen LogP contribution is 2.34. The second-order valence-corrected chi connectivity index (χ2v) is 6.08. The summed E-state index contributed by atoms with van der Waals surface area (Å²) in [6, 6.07) is 4.72. The molecule has 0 bridgehead atoms. The van der Waals surface area contributed by atoms with Crippen molar-refractivity contribution in [2.75, 3.05) is 6.26 Å². The van der Waals surface area contributed by atoms with E-state index in [-0.39, 0.29) is 11.0 Å². The number of thioether (sulfide) groups is 1. The molecule has 1 aliphatic rings. The Hall–Kier alpha value is -0.720. The first-order valence-corrected chi connectivity index (χ1v) is 7.65. The van der Waals surface area contributed by atoms with Crippen LogP contribution in [-0.2, 0) is 10.0 Å². The summed E-state index contributed by atoms with van der Waals surface area (Å²) in [5.41, 5.74) is 0. The monoisotopic (exact) mass is 259 g/mol. The highest BCUT2D eigenvalue weighted by molar-refractivity contribution is 7.98. The minimum Gasteiger partial charge on any atom is -0.489 e. The standard InChI is InChI=1S/C10H13NO3S2/c1-15-10-5-4-8(16(11,12)13)6-9(10)14-7-2-3-7/h4-7H,2-3H2,1H3,(H2,11,12,13). The van der Waals surface area contributed by atoms with E-state index in [9.17, 15) is 8.42 Å². The SMILES string of the molecule is CSc1ccc(S(N)(=O)=O)cc1OC1CC1. The molecular weight excluding hydrogens is 246 g/mol. The van der Waals surface area contributed by atoms with Crippen LogP contribution < -0.4 is 9.88 Å². The number of hydrogen-bond acceptors (Lipinski definition) is 4. The van der Waals surface area contributed by atoms with Crippen molar-refractivity contribution in [1.82, 2.24) is 0 Å². The van der Waals surface area contributed by atoms with Crippen molar-refractivity contribution in [2.24, 2.45) is 5.14 Å². The van der Waals surface area contributed by atoms with Crippen LogP contribution in [0.4, 0.5) is 0 Å². The summed E-state index contributed by atoms with van der Waals surface area (Å²) >= 11 is 1.52. The number of sulfonamides is 1. The summed E-state index contributed by atoms with van der Waals surface area (Å²) in [4.78, 5) is 1.03. The lowest BCUT2D eigenvalue weighted by molar-refractivity contribution is 0.295. The van der Waals surface area contributed by atoms with Gasteiger partial charge in [-0.1, -0.05) is 0 Å². The molecule has 2 N–H and O–H groups in total. The molecule has 0 atom stereocenters. The minimum absolute atomic E-state index is 0.0981. The van der Waals surface area contributed by atoms with Gasteiger partial charge in [0.1, 0.15) is 5.75 Å². The molecule has 0 spiro atoms. The first-order valence-electron chi connectivity index (χ1n) is 4.88. The molecule has 0 aromatic heterocycles. The molecule has 0 amide bonds. The van der Waals surface area contributed by atoms with E-state index in [1.54, 1.807) is 6.07 Å². The second kappa shape index (κ2) is 4.27. The third-order valence-electron chi connectivity index (χ3n) is 2.28. The zero-order chi connectivity index (χ0) is 11.8. The zero-order valence-corrected chi connectivity index (χ0v) is 10.5. The van der Waals surface area contributed by atoms with Gasteiger partial charge in [-0.2, -0.15) is 0 Å². The van der Waals surface area contributed by atoms with Gasteiger partial charge in [0.15, 0.2) is 0 Å². The Morgan fingerprint density at radius 1 is 1.44 bits per heavy atom. The van der Waals surface area contributed by atoms with Gasteiger partial charge < -0.3 is 4.74 Å². The lowest BCUT2D eigenvalue weighted by Gasteiger charge is -2.10. The molecule has 2 rings (SSSR count). The fourth-order valence-corrected chi connectivity index (χ4v) is 2.33. The maximum Gasteiger partial charge on any atom is 0.238 e. The largest absolute Gasteiger partial charge is 0.489 e. The maximum absolute atomic E-state index is 11.2. The quantitative estimate of drug-likeness (QED) is 0.834. The summed E-state index contributed by atoms with van der Waals surface area (Å²) in [6.45, 7) is 0. The lowest BCUT2D eigenvalue weighted by atomic mass is 10.3. The van der Waals surface area contributed by atoms with E-state index in [0.717, 1.165) is 17.7 Å². The van der Waals surface area contributed by atoms with E-state index >= 15 is 0 Å². The Morgan fingerprint density at radius 2 is 2.12 bits per heavy atom. The van der Waals surface area contributed by atoms with Crippen LogP contribution in [0.5, 0.6) is 5.75 Å². The van der Waals surface area contributed by atoms with E-state index < -0.39 is 10.0 Å². The fraction of sp³-hybridized carbons (Fsp3) is 0.400. The molecule has 0 saturated heterocycles. The third-order valence-corrected chi connectivity index (χ3v) is 3.97. The van der Waals surface area contributed by atoms with Crippen molar-refractivity contribution in [3.05, 3.63) is 18.2 Å². The van der Waals surface area contributed by atoms with Crippen molar-refractivity contribution >= 4 is 21.8 Å². The van der Waals surface area contributed by atoms with Crippen molar-refractivity contribution in [2.45, 2.75) is 28.7 Å². The van der Waals surface area contributed by atoms with Gasteiger partial charge >= 0.3 is 0 Å². The maximum atomic E-state index is 11.2. The Kier molecular flexibility index (Phi) is 3.14. The molecule has 0 heterocycles. The van der Waals surface area contributed by atoms with Crippen molar-refractivity contribution in [3.63, 3.8) is 0 Å². The number of ether oxygens (including phenoxy) is 1. The van der Waals surface area contributed by atoms with Gasteiger partial charge in [-0.3, -0.25) is 0 Å². The van der Waals surface area contributed by atoms with Crippen molar-refractivity contribution in [3.8, 4) is 5.75 Å². The molecule has 1 aliphatic carbocycles. The first-order chi connectivity index (χ1) is 7.50. The summed E-state index contributed by atoms with van der Waals surface area (Å²) in [7, 11) is -3.65. The van der Waals surface area contributed by atoms with Crippen LogP contribution in [-0.4, -0.2) is 20.8 Å². The Labute approximate surface area is 99.2 Å². The molecular formula is C10H13NO3S2. The van der Waals surface area contributed by atoms with Crippen LogP contribution in [0.15, 0.2) is 28.0 Å². The van der Waals surface area contributed by atoms with Gasteiger partial charge in [-0.15, -0.1) is 11.8 Å². The molecule has 88 valence electrons. The molecule has 1 aromatic rings. The van der Waals surface area contributed by atoms with Crippen molar-refractivity contribution in [1.29, 1.82) is 0 Å².